The number of aromatic nitrogens is 1. The standard InChI is InChI=1S/C32H39ClFN5O/c33-28-9-2-1-7-25(28)14-17-36-32(40)13-12-26-23-37(24-27-8-5-6-16-35-27)18-15-30(26)38-19-21-39(22-20-38)31-11-4-3-10-29(31)34/h1-11,16,26,30H,12-15,17-24H2,(H,36,40)/t26-,30+/m0/s1. The Kier molecular flexibility index (Phi) is 10.0. The van der Waals surface area contributed by atoms with E-state index < -0.39 is 0 Å². The van der Waals surface area contributed by atoms with Crippen LogP contribution in [0.3, 0.4) is 0 Å². The summed E-state index contributed by atoms with van der Waals surface area (Å²) in [7, 11) is 0. The molecule has 2 atom stereocenters. The van der Waals surface area contributed by atoms with Gasteiger partial charge in [-0.1, -0.05) is 48.0 Å². The zero-order valence-electron chi connectivity index (χ0n) is 23.0. The molecule has 1 N–H and O–H groups in total. The average Bonchev–Trinajstić information content (AvgIpc) is 2.98. The Morgan fingerprint density at radius 3 is 2.52 bits per heavy atom. The minimum atomic E-state index is -0.155. The number of hydrogen-bond donors (Lipinski definition) is 1. The van der Waals surface area contributed by atoms with E-state index in [4.69, 9.17) is 11.6 Å². The Balaban J connectivity index is 1.17. The minimum absolute atomic E-state index is 0.0945. The van der Waals surface area contributed by atoms with Crippen molar-refractivity contribution in [1.82, 2.24) is 20.1 Å². The lowest BCUT2D eigenvalue weighted by molar-refractivity contribution is -0.121. The molecule has 5 rings (SSSR count). The van der Waals surface area contributed by atoms with Gasteiger partial charge in [-0.2, -0.15) is 0 Å². The first-order valence-electron chi connectivity index (χ1n) is 14.4. The Labute approximate surface area is 242 Å². The highest BCUT2D eigenvalue weighted by Gasteiger charge is 2.35. The number of para-hydroxylation sites is 1. The molecule has 40 heavy (non-hydrogen) atoms. The number of carbonyl (C=O) groups is 1. The number of hydrogen-bond acceptors (Lipinski definition) is 5. The van der Waals surface area contributed by atoms with Crippen LogP contribution in [0.1, 0.15) is 30.5 Å². The number of piperazine rings is 1. The third kappa shape index (κ3) is 7.59. The van der Waals surface area contributed by atoms with Gasteiger partial charge < -0.3 is 10.2 Å². The predicted octanol–water partition coefficient (Wildman–Crippen LogP) is 5.03. The van der Waals surface area contributed by atoms with E-state index in [-0.39, 0.29) is 11.7 Å². The van der Waals surface area contributed by atoms with Crippen molar-refractivity contribution in [2.24, 2.45) is 5.92 Å². The van der Waals surface area contributed by atoms with Crippen molar-refractivity contribution in [3.05, 3.63) is 95.0 Å². The number of likely N-dealkylation sites (tertiary alicyclic amines) is 1. The lowest BCUT2D eigenvalue weighted by Gasteiger charge is -2.47. The van der Waals surface area contributed by atoms with Crippen LogP contribution < -0.4 is 10.2 Å². The summed E-state index contributed by atoms with van der Waals surface area (Å²) in [5.41, 5.74) is 2.82. The van der Waals surface area contributed by atoms with Crippen molar-refractivity contribution in [3.8, 4) is 0 Å². The van der Waals surface area contributed by atoms with Crippen LogP contribution in [-0.4, -0.2) is 72.5 Å². The summed E-state index contributed by atoms with van der Waals surface area (Å²) in [6.45, 7) is 6.79. The lowest BCUT2D eigenvalue weighted by atomic mass is 9.86. The maximum Gasteiger partial charge on any atom is 0.220 e. The fourth-order valence-electron chi connectivity index (χ4n) is 6.17. The molecule has 3 aromatic rings. The van der Waals surface area contributed by atoms with Gasteiger partial charge in [0.25, 0.3) is 0 Å². The van der Waals surface area contributed by atoms with Crippen molar-refractivity contribution < 1.29 is 9.18 Å². The first kappa shape index (κ1) is 28.5. The largest absolute Gasteiger partial charge is 0.367 e. The van der Waals surface area contributed by atoms with Crippen LogP contribution in [0.25, 0.3) is 0 Å². The van der Waals surface area contributed by atoms with Gasteiger partial charge in [0.1, 0.15) is 5.82 Å². The van der Waals surface area contributed by atoms with Gasteiger partial charge in [-0.3, -0.25) is 19.6 Å². The number of nitrogens with one attached hydrogen (secondary N) is 1. The van der Waals surface area contributed by atoms with Gasteiger partial charge >= 0.3 is 0 Å². The fraction of sp³-hybridized carbons (Fsp3) is 0.438. The molecule has 0 bridgehead atoms. The van der Waals surface area contributed by atoms with E-state index in [9.17, 15) is 9.18 Å². The Hall–Kier alpha value is -3.00. The quantitative estimate of drug-likeness (QED) is 0.375. The maximum atomic E-state index is 14.4. The Morgan fingerprint density at radius 2 is 1.75 bits per heavy atom. The van der Waals surface area contributed by atoms with Crippen molar-refractivity contribution >= 4 is 23.2 Å². The van der Waals surface area contributed by atoms with Crippen molar-refractivity contribution in [2.45, 2.75) is 38.3 Å². The van der Waals surface area contributed by atoms with Crippen molar-refractivity contribution in [1.29, 1.82) is 0 Å². The molecule has 0 aliphatic carbocycles. The summed E-state index contributed by atoms with van der Waals surface area (Å²) in [5.74, 6) is 0.320. The van der Waals surface area contributed by atoms with E-state index >= 15 is 0 Å². The van der Waals surface area contributed by atoms with Gasteiger partial charge in [0.15, 0.2) is 0 Å². The van der Waals surface area contributed by atoms with Crippen LogP contribution in [0.15, 0.2) is 72.9 Å². The van der Waals surface area contributed by atoms with Gasteiger partial charge in [0.2, 0.25) is 5.91 Å². The van der Waals surface area contributed by atoms with Crippen LogP contribution in [-0.2, 0) is 17.8 Å². The van der Waals surface area contributed by atoms with E-state index in [0.717, 1.165) is 81.4 Å². The molecule has 0 saturated carbocycles. The fourth-order valence-corrected chi connectivity index (χ4v) is 6.40. The highest BCUT2D eigenvalue weighted by molar-refractivity contribution is 6.31. The number of carbonyl (C=O) groups excluding carboxylic acids is 1. The molecular weight excluding hydrogens is 525 g/mol. The topological polar surface area (TPSA) is 51.7 Å². The molecule has 0 unspecified atom stereocenters. The van der Waals surface area contributed by atoms with Crippen LogP contribution in [0.4, 0.5) is 10.1 Å². The van der Waals surface area contributed by atoms with Gasteiger partial charge in [-0.25, -0.2) is 4.39 Å². The summed E-state index contributed by atoms with van der Waals surface area (Å²) in [5, 5.41) is 3.84. The van der Waals surface area contributed by atoms with Crippen LogP contribution in [0.5, 0.6) is 0 Å². The molecule has 0 spiro atoms. The maximum absolute atomic E-state index is 14.4. The van der Waals surface area contributed by atoms with E-state index in [1.807, 2.05) is 54.7 Å². The van der Waals surface area contributed by atoms with Crippen molar-refractivity contribution in [3.63, 3.8) is 0 Å². The third-order valence-electron chi connectivity index (χ3n) is 8.28. The Morgan fingerprint density at radius 1 is 0.975 bits per heavy atom. The van der Waals surface area contributed by atoms with Crippen molar-refractivity contribution in [2.75, 3.05) is 50.7 Å². The monoisotopic (exact) mass is 563 g/mol. The van der Waals surface area contributed by atoms with E-state index in [1.165, 1.54) is 6.07 Å². The molecule has 3 heterocycles. The average molecular weight is 564 g/mol. The molecule has 1 aromatic heterocycles. The summed E-state index contributed by atoms with van der Waals surface area (Å²) in [6, 6.07) is 21.3. The van der Waals surface area contributed by atoms with E-state index in [1.54, 1.807) is 6.07 Å². The van der Waals surface area contributed by atoms with Gasteiger partial charge in [-0.15, -0.1) is 0 Å². The first-order valence-corrected chi connectivity index (χ1v) is 14.8. The number of benzene rings is 2. The molecular formula is C32H39ClFN5O. The number of nitrogens with zero attached hydrogens (tertiary/aromatic N) is 4. The highest BCUT2D eigenvalue weighted by atomic mass is 35.5. The summed E-state index contributed by atoms with van der Waals surface area (Å²) in [6.07, 6.45) is 4.99. The number of rotatable bonds is 10. The number of piperidine rings is 1. The second-order valence-electron chi connectivity index (χ2n) is 10.9. The Bertz CT molecular complexity index is 1240. The molecule has 2 saturated heterocycles. The second-order valence-corrected chi connectivity index (χ2v) is 11.3. The van der Waals surface area contributed by atoms with Crippen LogP contribution in [0.2, 0.25) is 5.02 Å². The van der Waals surface area contributed by atoms with Gasteiger partial charge in [0, 0.05) is 76.0 Å². The summed E-state index contributed by atoms with van der Waals surface area (Å²) >= 11 is 6.27. The molecule has 2 fully saturated rings. The molecule has 6 nitrogen and oxygen atoms in total. The third-order valence-corrected chi connectivity index (χ3v) is 8.65. The summed E-state index contributed by atoms with van der Waals surface area (Å²) in [4.78, 5) is 24.6. The SMILES string of the molecule is O=C(CC[C@H]1CN(Cc2ccccn2)CC[C@H]1N1CCN(c2ccccc2F)CC1)NCCc1ccccc1Cl. The summed E-state index contributed by atoms with van der Waals surface area (Å²) < 4.78 is 14.4. The predicted molar refractivity (Wildman–Crippen MR) is 159 cm³/mol. The number of pyridine rings is 1. The molecule has 212 valence electrons. The van der Waals surface area contributed by atoms with Crippen LogP contribution in [0, 0.1) is 11.7 Å². The zero-order chi connectivity index (χ0) is 27.7. The number of anilines is 1. The first-order chi connectivity index (χ1) is 19.6. The normalized spacial score (nSPS) is 20.4. The van der Waals surface area contributed by atoms with Crippen LogP contribution >= 0.6 is 11.6 Å². The lowest BCUT2D eigenvalue weighted by Crippen LogP contribution is -2.57. The minimum Gasteiger partial charge on any atom is -0.367 e. The van der Waals surface area contributed by atoms with E-state index in [2.05, 4.69) is 31.1 Å². The molecule has 2 aromatic carbocycles. The van der Waals surface area contributed by atoms with E-state index in [0.29, 0.717) is 30.6 Å². The molecule has 0 radical (unpaired) electrons. The number of amides is 1. The zero-order valence-corrected chi connectivity index (χ0v) is 23.8. The van der Waals surface area contributed by atoms with Gasteiger partial charge in [-0.05, 0) is 61.1 Å². The number of halogens is 2. The smallest absolute Gasteiger partial charge is 0.220 e. The van der Waals surface area contributed by atoms with Gasteiger partial charge in [0.05, 0.1) is 11.4 Å². The molecule has 2 aliphatic rings. The molecule has 8 heteroatoms. The highest BCUT2D eigenvalue weighted by Crippen LogP contribution is 2.29. The molecule has 1 amide bonds. The molecule has 2 aliphatic heterocycles. The second kappa shape index (κ2) is 14.1.